The van der Waals surface area contributed by atoms with E-state index in [0.717, 1.165) is 13.1 Å². The summed E-state index contributed by atoms with van der Waals surface area (Å²) in [5.41, 5.74) is 0. The summed E-state index contributed by atoms with van der Waals surface area (Å²) < 4.78 is 5.20. The summed E-state index contributed by atoms with van der Waals surface area (Å²) in [6.07, 6.45) is 1.85. The maximum absolute atomic E-state index is 5.20. The zero-order chi connectivity index (χ0) is 8.48. The highest BCUT2D eigenvalue weighted by atomic mass is 28.3. The fraction of sp³-hybridized carbons (Fsp3) is 1.00. The molecule has 1 aliphatic heterocycles. The number of hydrogen-bond donors (Lipinski definition) is 0. The van der Waals surface area contributed by atoms with Gasteiger partial charge in [0.15, 0.2) is 0 Å². The van der Waals surface area contributed by atoms with Crippen LogP contribution in [0.3, 0.4) is 0 Å². The Hall–Kier alpha value is 0.137. The molecule has 3 heteroatoms. The standard InChI is InChI=1S/C8H19NOSi/c1-10-8-5-9(6-8)7-11(2,3)4/h8H,5-7H2,1-4H3. The predicted octanol–water partition coefficient (Wildman–Crippen LogP) is 1.19. The van der Waals surface area contributed by atoms with E-state index in [2.05, 4.69) is 24.5 Å². The molecule has 66 valence electrons. The van der Waals surface area contributed by atoms with Gasteiger partial charge in [0.1, 0.15) is 0 Å². The van der Waals surface area contributed by atoms with E-state index in [0.29, 0.717) is 6.10 Å². The molecular formula is C8H19NOSi. The van der Waals surface area contributed by atoms with Gasteiger partial charge in [-0.25, -0.2) is 0 Å². The first kappa shape index (κ1) is 9.23. The molecule has 0 aromatic carbocycles. The molecule has 0 radical (unpaired) electrons. The van der Waals surface area contributed by atoms with E-state index >= 15 is 0 Å². The van der Waals surface area contributed by atoms with Gasteiger partial charge in [-0.15, -0.1) is 0 Å². The van der Waals surface area contributed by atoms with Gasteiger partial charge in [0.05, 0.1) is 14.2 Å². The summed E-state index contributed by atoms with van der Waals surface area (Å²) in [6, 6.07) is 0. The van der Waals surface area contributed by atoms with Crippen molar-refractivity contribution in [1.29, 1.82) is 0 Å². The zero-order valence-electron chi connectivity index (χ0n) is 8.05. The third-order valence-corrected chi connectivity index (χ3v) is 3.35. The van der Waals surface area contributed by atoms with Crippen LogP contribution in [0, 0.1) is 0 Å². The molecule has 0 saturated carbocycles. The molecule has 0 N–H and O–H groups in total. The van der Waals surface area contributed by atoms with Crippen LogP contribution in [-0.2, 0) is 4.74 Å². The number of ether oxygens (including phenoxy) is 1. The van der Waals surface area contributed by atoms with Gasteiger partial charge < -0.3 is 9.64 Å². The van der Waals surface area contributed by atoms with Crippen molar-refractivity contribution in [3.63, 3.8) is 0 Å². The van der Waals surface area contributed by atoms with Crippen molar-refractivity contribution in [3.8, 4) is 0 Å². The van der Waals surface area contributed by atoms with E-state index < -0.39 is 8.07 Å². The van der Waals surface area contributed by atoms with Gasteiger partial charge in [-0.05, 0) is 6.17 Å². The summed E-state index contributed by atoms with van der Waals surface area (Å²) in [5, 5.41) is 0. The number of rotatable bonds is 3. The molecule has 1 aliphatic rings. The average molecular weight is 173 g/mol. The van der Waals surface area contributed by atoms with Crippen LogP contribution in [0.5, 0.6) is 0 Å². The topological polar surface area (TPSA) is 12.5 Å². The number of hydrogen-bond acceptors (Lipinski definition) is 2. The second-order valence-electron chi connectivity index (χ2n) is 4.61. The van der Waals surface area contributed by atoms with Crippen molar-refractivity contribution in [2.75, 3.05) is 26.4 Å². The molecule has 0 aromatic heterocycles. The Balaban J connectivity index is 2.14. The molecule has 1 saturated heterocycles. The van der Waals surface area contributed by atoms with Gasteiger partial charge in [0.2, 0.25) is 0 Å². The van der Waals surface area contributed by atoms with E-state index in [1.54, 1.807) is 7.11 Å². The van der Waals surface area contributed by atoms with Crippen LogP contribution in [0.4, 0.5) is 0 Å². The zero-order valence-corrected chi connectivity index (χ0v) is 9.05. The lowest BCUT2D eigenvalue weighted by Crippen LogP contribution is -2.56. The van der Waals surface area contributed by atoms with Gasteiger partial charge in [-0.1, -0.05) is 19.6 Å². The monoisotopic (exact) mass is 173 g/mol. The Labute approximate surface area is 70.5 Å². The smallest absolute Gasteiger partial charge is 0.0824 e. The maximum atomic E-state index is 5.20. The Kier molecular flexibility index (Phi) is 2.73. The Morgan fingerprint density at radius 1 is 1.36 bits per heavy atom. The fourth-order valence-electron chi connectivity index (χ4n) is 1.47. The minimum Gasteiger partial charge on any atom is -0.379 e. The summed E-state index contributed by atoms with van der Waals surface area (Å²) in [4.78, 5) is 2.50. The van der Waals surface area contributed by atoms with Crippen LogP contribution in [0.15, 0.2) is 0 Å². The second-order valence-corrected chi connectivity index (χ2v) is 10.1. The van der Waals surface area contributed by atoms with Gasteiger partial charge in [-0.3, -0.25) is 0 Å². The van der Waals surface area contributed by atoms with Crippen molar-refractivity contribution in [1.82, 2.24) is 4.90 Å². The first-order chi connectivity index (χ1) is 5.01. The van der Waals surface area contributed by atoms with Crippen LogP contribution >= 0.6 is 0 Å². The molecule has 0 unspecified atom stereocenters. The number of methoxy groups -OCH3 is 1. The summed E-state index contributed by atoms with van der Waals surface area (Å²) >= 11 is 0. The molecule has 1 fully saturated rings. The van der Waals surface area contributed by atoms with E-state index in [1.165, 1.54) is 6.17 Å². The van der Waals surface area contributed by atoms with E-state index in [4.69, 9.17) is 4.74 Å². The first-order valence-electron chi connectivity index (χ1n) is 4.26. The fourth-order valence-corrected chi connectivity index (χ4v) is 3.07. The molecule has 0 aromatic rings. The molecule has 0 spiro atoms. The van der Waals surface area contributed by atoms with E-state index in [9.17, 15) is 0 Å². The number of nitrogens with zero attached hydrogens (tertiary/aromatic N) is 1. The predicted molar refractivity (Wildman–Crippen MR) is 50.6 cm³/mol. The molecule has 0 bridgehead atoms. The lowest BCUT2D eigenvalue weighted by molar-refractivity contribution is -0.0209. The Morgan fingerprint density at radius 3 is 2.27 bits per heavy atom. The normalized spacial score (nSPS) is 21.8. The SMILES string of the molecule is COC1CN(C[Si](C)(C)C)C1. The van der Waals surface area contributed by atoms with E-state index in [-0.39, 0.29) is 0 Å². The largest absolute Gasteiger partial charge is 0.379 e. The van der Waals surface area contributed by atoms with Crippen LogP contribution in [0.25, 0.3) is 0 Å². The van der Waals surface area contributed by atoms with Crippen LogP contribution in [0.1, 0.15) is 0 Å². The Bertz CT molecular complexity index is 127. The average Bonchev–Trinajstić information content (AvgIpc) is 1.75. The number of likely N-dealkylation sites (tertiary alicyclic amines) is 1. The highest BCUT2D eigenvalue weighted by molar-refractivity contribution is 6.76. The van der Waals surface area contributed by atoms with Gasteiger partial charge in [-0.2, -0.15) is 0 Å². The van der Waals surface area contributed by atoms with Crippen molar-refractivity contribution < 1.29 is 4.74 Å². The lowest BCUT2D eigenvalue weighted by Gasteiger charge is -2.41. The van der Waals surface area contributed by atoms with Gasteiger partial charge >= 0.3 is 0 Å². The van der Waals surface area contributed by atoms with Crippen molar-refractivity contribution in [3.05, 3.63) is 0 Å². The van der Waals surface area contributed by atoms with Crippen molar-refractivity contribution >= 4 is 8.07 Å². The molecule has 0 aliphatic carbocycles. The maximum Gasteiger partial charge on any atom is 0.0824 e. The third kappa shape index (κ3) is 2.93. The van der Waals surface area contributed by atoms with Crippen molar-refractivity contribution in [2.45, 2.75) is 25.7 Å². The van der Waals surface area contributed by atoms with Gasteiger partial charge in [0, 0.05) is 20.2 Å². The van der Waals surface area contributed by atoms with Crippen LogP contribution in [0.2, 0.25) is 19.6 Å². The molecule has 11 heavy (non-hydrogen) atoms. The van der Waals surface area contributed by atoms with Gasteiger partial charge in [0.25, 0.3) is 0 Å². The molecule has 2 nitrogen and oxygen atoms in total. The Morgan fingerprint density at radius 2 is 1.91 bits per heavy atom. The summed E-state index contributed by atoms with van der Waals surface area (Å²) in [5.74, 6) is 0. The minimum absolute atomic E-state index is 0.520. The minimum atomic E-state index is -0.862. The van der Waals surface area contributed by atoms with E-state index in [1.807, 2.05) is 0 Å². The second kappa shape index (κ2) is 3.25. The third-order valence-electron chi connectivity index (χ3n) is 1.95. The molecule has 0 amide bonds. The highest BCUT2D eigenvalue weighted by Gasteiger charge is 2.29. The lowest BCUT2D eigenvalue weighted by atomic mass is 10.2. The summed E-state index contributed by atoms with van der Waals surface area (Å²) in [7, 11) is 0.940. The molecular weight excluding hydrogens is 154 g/mol. The quantitative estimate of drug-likeness (QED) is 0.595. The van der Waals surface area contributed by atoms with Crippen LogP contribution in [-0.4, -0.2) is 45.4 Å². The first-order valence-corrected chi connectivity index (χ1v) is 7.97. The van der Waals surface area contributed by atoms with Crippen LogP contribution < -0.4 is 0 Å². The highest BCUT2D eigenvalue weighted by Crippen LogP contribution is 2.14. The molecule has 1 heterocycles. The molecule has 1 rings (SSSR count). The summed E-state index contributed by atoms with van der Waals surface area (Å²) in [6.45, 7) is 9.54. The molecule has 0 atom stereocenters. The van der Waals surface area contributed by atoms with Crippen molar-refractivity contribution in [2.24, 2.45) is 0 Å².